The first-order valence-corrected chi connectivity index (χ1v) is 7.52. The molecule has 3 N–H and O–H groups in total. The molecule has 0 aliphatic heterocycles. The summed E-state index contributed by atoms with van der Waals surface area (Å²) in [6.07, 6.45) is 0. The van der Waals surface area contributed by atoms with Crippen molar-refractivity contribution in [3.8, 4) is 5.75 Å². The second-order valence-electron chi connectivity index (χ2n) is 4.84. The summed E-state index contributed by atoms with van der Waals surface area (Å²) in [6.45, 7) is 2.56. The molecule has 0 aliphatic rings. The van der Waals surface area contributed by atoms with Crippen molar-refractivity contribution >= 4 is 22.8 Å². The van der Waals surface area contributed by atoms with Gasteiger partial charge in [0, 0.05) is 11.4 Å². The van der Waals surface area contributed by atoms with E-state index in [4.69, 9.17) is 10.5 Å². The van der Waals surface area contributed by atoms with Gasteiger partial charge in [-0.2, -0.15) is 0 Å². The molecule has 3 aromatic rings. The van der Waals surface area contributed by atoms with E-state index in [2.05, 4.69) is 29.0 Å². The Labute approximate surface area is 127 Å². The topological polar surface area (TPSA) is 63.9 Å². The number of ether oxygens (including phenoxy) is 1. The van der Waals surface area contributed by atoms with E-state index in [0.29, 0.717) is 6.54 Å². The summed E-state index contributed by atoms with van der Waals surface area (Å²) in [4.78, 5) is 9.01. The first-order valence-electron chi connectivity index (χ1n) is 6.71. The van der Waals surface area contributed by atoms with Crippen LogP contribution < -0.4 is 10.5 Å². The van der Waals surface area contributed by atoms with Crippen molar-refractivity contribution in [1.82, 2.24) is 9.97 Å². The lowest BCUT2D eigenvalue weighted by Gasteiger charge is -2.08. The molecule has 4 nitrogen and oxygen atoms in total. The first-order chi connectivity index (χ1) is 10.2. The van der Waals surface area contributed by atoms with E-state index in [0.717, 1.165) is 32.4 Å². The molecule has 21 heavy (non-hydrogen) atoms. The normalized spacial score (nSPS) is 11.0. The number of nitrogens with two attached hydrogens (primary N) is 1. The molecule has 0 radical (unpaired) electrons. The number of fused-ring (bicyclic) bond motifs is 1. The van der Waals surface area contributed by atoms with Gasteiger partial charge in [0.15, 0.2) is 5.16 Å². The van der Waals surface area contributed by atoms with Gasteiger partial charge in [0.2, 0.25) is 0 Å². The largest absolute Gasteiger partial charge is 0.497 e. The zero-order valence-corrected chi connectivity index (χ0v) is 12.8. The number of nitrogens with zero attached hydrogens (tertiary/aromatic N) is 1. The number of aromatic nitrogens is 2. The predicted octanol–water partition coefficient (Wildman–Crippen LogP) is 3.49. The van der Waals surface area contributed by atoms with Gasteiger partial charge in [-0.15, -0.1) is 0 Å². The molecule has 0 amide bonds. The van der Waals surface area contributed by atoms with Crippen LogP contribution in [-0.2, 0) is 6.54 Å². The third-order valence-electron chi connectivity index (χ3n) is 3.32. The Kier molecular flexibility index (Phi) is 3.86. The van der Waals surface area contributed by atoms with Gasteiger partial charge in [-0.1, -0.05) is 23.9 Å². The van der Waals surface area contributed by atoms with Gasteiger partial charge < -0.3 is 15.5 Å². The molecule has 0 fully saturated rings. The van der Waals surface area contributed by atoms with Crippen LogP contribution in [-0.4, -0.2) is 17.1 Å². The molecule has 2 aromatic carbocycles. The molecule has 0 saturated heterocycles. The Bertz CT molecular complexity index is 782. The lowest BCUT2D eigenvalue weighted by atomic mass is 10.2. The highest BCUT2D eigenvalue weighted by atomic mass is 32.2. The molecule has 1 heterocycles. The smallest absolute Gasteiger partial charge is 0.171 e. The van der Waals surface area contributed by atoms with Crippen LogP contribution in [0.15, 0.2) is 46.5 Å². The minimum Gasteiger partial charge on any atom is -0.497 e. The zero-order valence-electron chi connectivity index (χ0n) is 12.0. The summed E-state index contributed by atoms with van der Waals surface area (Å²) in [5.41, 5.74) is 10.1. The molecule has 5 heteroatoms. The third-order valence-corrected chi connectivity index (χ3v) is 4.30. The fourth-order valence-corrected chi connectivity index (χ4v) is 3.15. The number of benzene rings is 2. The number of methoxy groups -OCH3 is 1. The third kappa shape index (κ3) is 2.89. The van der Waals surface area contributed by atoms with Crippen LogP contribution >= 0.6 is 11.8 Å². The van der Waals surface area contributed by atoms with Crippen LogP contribution in [0.5, 0.6) is 5.75 Å². The van der Waals surface area contributed by atoms with Crippen LogP contribution in [0.2, 0.25) is 0 Å². The van der Waals surface area contributed by atoms with E-state index in [-0.39, 0.29) is 0 Å². The van der Waals surface area contributed by atoms with E-state index in [9.17, 15) is 0 Å². The lowest BCUT2D eigenvalue weighted by Crippen LogP contribution is -1.98. The Hall–Kier alpha value is -1.98. The summed E-state index contributed by atoms with van der Waals surface area (Å²) in [5.74, 6) is 0.821. The number of aromatic amines is 1. The number of aryl methyl sites for hydroxylation is 1. The van der Waals surface area contributed by atoms with Gasteiger partial charge in [0.25, 0.3) is 0 Å². The Morgan fingerprint density at radius 2 is 2.10 bits per heavy atom. The van der Waals surface area contributed by atoms with Crippen molar-refractivity contribution in [2.45, 2.75) is 23.5 Å². The zero-order chi connectivity index (χ0) is 14.8. The molecule has 0 atom stereocenters. The maximum Gasteiger partial charge on any atom is 0.171 e. The number of hydrogen-bond donors (Lipinski definition) is 2. The molecule has 0 aliphatic carbocycles. The summed E-state index contributed by atoms with van der Waals surface area (Å²) >= 11 is 1.57. The molecule has 0 unspecified atom stereocenters. The van der Waals surface area contributed by atoms with Crippen molar-refractivity contribution in [3.63, 3.8) is 0 Å². The average Bonchev–Trinajstić information content (AvgIpc) is 2.88. The van der Waals surface area contributed by atoms with Crippen molar-refractivity contribution < 1.29 is 4.74 Å². The second kappa shape index (κ2) is 5.79. The van der Waals surface area contributed by atoms with Gasteiger partial charge in [0.05, 0.1) is 18.1 Å². The molecular formula is C16H17N3OS. The number of imidazole rings is 1. The predicted molar refractivity (Wildman–Crippen MR) is 85.8 cm³/mol. The fourth-order valence-electron chi connectivity index (χ4n) is 2.18. The first kappa shape index (κ1) is 14.0. The minimum atomic E-state index is 0.492. The van der Waals surface area contributed by atoms with E-state index in [1.807, 2.05) is 24.3 Å². The number of nitrogens with one attached hydrogen (secondary N) is 1. The minimum absolute atomic E-state index is 0.492. The Morgan fingerprint density at radius 1 is 1.24 bits per heavy atom. The summed E-state index contributed by atoms with van der Waals surface area (Å²) in [7, 11) is 1.66. The summed E-state index contributed by atoms with van der Waals surface area (Å²) in [6, 6.07) is 12.1. The molecule has 3 rings (SSSR count). The molecule has 0 spiro atoms. The van der Waals surface area contributed by atoms with Crippen molar-refractivity contribution in [2.75, 3.05) is 7.11 Å². The average molecular weight is 299 g/mol. The van der Waals surface area contributed by atoms with Crippen LogP contribution in [0.25, 0.3) is 11.0 Å². The molecule has 1 aromatic heterocycles. The van der Waals surface area contributed by atoms with Crippen LogP contribution in [0.1, 0.15) is 11.1 Å². The van der Waals surface area contributed by atoms with E-state index < -0.39 is 0 Å². The van der Waals surface area contributed by atoms with E-state index in [1.165, 1.54) is 5.56 Å². The van der Waals surface area contributed by atoms with E-state index in [1.54, 1.807) is 18.9 Å². The SMILES string of the molecule is COc1ccc(CN)c(Sc2nc3ccc(C)cc3[nH]2)c1. The van der Waals surface area contributed by atoms with Crippen LogP contribution in [0.4, 0.5) is 0 Å². The Morgan fingerprint density at radius 3 is 2.86 bits per heavy atom. The van der Waals surface area contributed by atoms with Crippen molar-refractivity contribution in [1.29, 1.82) is 0 Å². The highest BCUT2D eigenvalue weighted by molar-refractivity contribution is 7.99. The van der Waals surface area contributed by atoms with E-state index >= 15 is 0 Å². The number of hydrogen-bond acceptors (Lipinski definition) is 4. The molecular weight excluding hydrogens is 282 g/mol. The maximum atomic E-state index is 5.81. The quantitative estimate of drug-likeness (QED) is 0.774. The summed E-state index contributed by atoms with van der Waals surface area (Å²) in [5, 5.41) is 0.860. The van der Waals surface area contributed by atoms with Crippen molar-refractivity contribution in [2.24, 2.45) is 5.73 Å². The molecule has 108 valence electrons. The van der Waals surface area contributed by atoms with Gasteiger partial charge in [-0.25, -0.2) is 4.98 Å². The standard InChI is InChI=1S/C16H17N3OS/c1-10-3-6-13-14(7-10)19-16(18-13)21-15-8-12(20-2)5-4-11(15)9-17/h3-8H,9,17H2,1-2H3,(H,18,19). The second-order valence-corrected chi connectivity index (χ2v) is 5.87. The maximum absolute atomic E-state index is 5.81. The lowest BCUT2D eigenvalue weighted by molar-refractivity contribution is 0.413. The highest BCUT2D eigenvalue weighted by Gasteiger charge is 2.09. The fraction of sp³-hybridized carbons (Fsp3) is 0.188. The molecule has 0 saturated carbocycles. The Balaban J connectivity index is 1.97. The highest BCUT2D eigenvalue weighted by Crippen LogP contribution is 2.32. The van der Waals surface area contributed by atoms with Crippen LogP contribution in [0.3, 0.4) is 0 Å². The van der Waals surface area contributed by atoms with Gasteiger partial charge in [-0.05, 0) is 42.3 Å². The van der Waals surface area contributed by atoms with Crippen molar-refractivity contribution in [3.05, 3.63) is 47.5 Å². The number of rotatable bonds is 4. The number of H-pyrrole nitrogens is 1. The van der Waals surface area contributed by atoms with Gasteiger partial charge in [0.1, 0.15) is 5.75 Å². The van der Waals surface area contributed by atoms with Crippen LogP contribution in [0, 0.1) is 6.92 Å². The summed E-state index contributed by atoms with van der Waals surface area (Å²) < 4.78 is 5.28. The van der Waals surface area contributed by atoms with Gasteiger partial charge in [-0.3, -0.25) is 0 Å². The molecule has 0 bridgehead atoms. The van der Waals surface area contributed by atoms with Gasteiger partial charge >= 0.3 is 0 Å². The monoisotopic (exact) mass is 299 g/mol.